The van der Waals surface area contributed by atoms with Gasteiger partial charge in [0, 0.05) is 23.5 Å². The SMILES string of the molecule is C=CC(N(C(C=C)P(=O)(O)O)[C@@H](Cc1c[nH]c2ccccc12)C(=O)O)P(=O)(O)O. The molecule has 10 nitrogen and oxygen atoms in total. The first-order chi connectivity index (χ1) is 13.4. The van der Waals surface area contributed by atoms with Crippen LogP contribution in [0.25, 0.3) is 10.9 Å². The van der Waals surface area contributed by atoms with Gasteiger partial charge in [0.15, 0.2) is 0 Å². The Bertz CT molecular complexity index is 974. The van der Waals surface area contributed by atoms with E-state index < -0.39 is 38.8 Å². The Morgan fingerprint density at radius 1 is 1.07 bits per heavy atom. The minimum absolute atomic E-state index is 0.284. The Labute approximate surface area is 166 Å². The van der Waals surface area contributed by atoms with Crippen LogP contribution in [0, 0.1) is 0 Å². The third kappa shape index (κ3) is 5.12. The molecule has 12 heteroatoms. The fourth-order valence-corrected chi connectivity index (χ4v) is 5.18. The Balaban J connectivity index is 2.64. The lowest BCUT2D eigenvalue weighted by atomic mass is 10.0. The van der Waals surface area contributed by atoms with Crippen molar-refractivity contribution in [3.8, 4) is 0 Å². The van der Waals surface area contributed by atoms with Gasteiger partial charge in [0.05, 0.1) is 0 Å². The molecule has 0 aliphatic heterocycles. The quantitative estimate of drug-likeness (QED) is 0.236. The third-order valence-corrected chi connectivity index (χ3v) is 6.79. The minimum atomic E-state index is -5.05. The molecular formula is C17H22N2O8P2. The van der Waals surface area contributed by atoms with Gasteiger partial charge in [-0.15, -0.1) is 13.2 Å². The van der Waals surface area contributed by atoms with E-state index in [-0.39, 0.29) is 6.42 Å². The second-order valence-electron chi connectivity index (χ2n) is 6.34. The molecule has 0 bridgehead atoms. The van der Waals surface area contributed by atoms with Gasteiger partial charge in [0.2, 0.25) is 0 Å². The van der Waals surface area contributed by atoms with Crippen LogP contribution < -0.4 is 0 Å². The number of hydrogen-bond donors (Lipinski definition) is 6. The molecule has 2 aromatic rings. The van der Waals surface area contributed by atoms with Crippen LogP contribution in [-0.4, -0.2) is 58.1 Å². The molecule has 0 aliphatic carbocycles. The summed E-state index contributed by atoms with van der Waals surface area (Å²) in [6, 6.07) is 5.30. The summed E-state index contributed by atoms with van der Waals surface area (Å²) in [7, 11) is -10.1. The molecule has 6 N–H and O–H groups in total. The van der Waals surface area contributed by atoms with Gasteiger partial charge in [-0.25, -0.2) is 0 Å². The van der Waals surface area contributed by atoms with Crippen molar-refractivity contribution in [3.05, 3.63) is 61.3 Å². The van der Waals surface area contributed by atoms with Crippen LogP contribution >= 0.6 is 15.2 Å². The lowest BCUT2D eigenvalue weighted by Gasteiger charge is -2.39. The monoisotopic (exact) mass is 444 g/mol. The molecule has 0 amide bonds. The van der Waals surface area contributed by atoms with Gasteiger partial charge >= 0.3 is 21.2 Å². The zero-order chi connectivity index (χ0) is 22.0. The minimum Gasteiger partial charge on any atom is -0.480 e. The second kappa shape index (κ2) is 8.77. The van der Waals surface area contributed by atoms with Crippen molar-refractivity contribution >= 4 is 32.1 Å². The van der Waals surface area contributed by atoms with Gasteiger partial charge in [-0.2, -0.15) is 0 Å². The Kier molecular flexibility index (Phi) is 7.03. The van der Waals surface area contributed by atoms with E-state index in [1.165, 1.54) is 0 Å². The summed E-state index contributed by atoms with van der Waals surface area (Å²) in [6.07, 6.45) is 2.81. The van der Waals surface area contributed by atoms with Crippen LogP contribution in [0.3, 0.4) is 0 Å². The standard InChI is InChI=1S/C17H22N2O8P2/c1-3-15(28(22,23)24)19(16(4-2)29(25,26)27)14(17(20)21)9-11-10-18-13-8-6-5-7-12(11)13/h3-8,10,14-16,18H,1-2,9H2,(H,20,21)(H2,22,23,24)(H2,25,26,27)/t14-,15?,16?/m0/s1. The molecule has 29 heavy (non-hydrogen) atoms. The van der Waals surface area contributed by atoms with Gasteiger partial charge in [-0.1, -0.05) is 30.4 Å². The summed E-state index contributed by atoms with van der Waals surface area (Å²) < 4.78 is 24.0. The van der Waals surface area contributed by atoms with Crippen molar-refractivity contribution in [2.45, 2.75) is 24.0 Å². The molecule has 3 atom stereocenters. The van der Waals surface area contributed by atoms with Crippen molar-refractivity contribution < 1.29 is 38.6 Å². The highest BCUT2D eigenvalue weighted by atomic mass is 31.2. The fraction of sp³-hybridized carbons (Fsp3) is 0.235. The van der Waals surface area contributed by atoms with Gasteiger partial charge in [-0.3, -0.25) is 18.8 Å². The van der Waals surface area contributed by atoms with Gasteiger partial charge in [-0.05, 0) is 11.6 Å². The summed E-state index contributed by atoms with van der Waals surface area (Å²) in [6.45, 7) is 6.63. The number of nitrogens with zero attached hydrogens (tertiary/aromatic N) is 1. The average molecular weight is 444 g/mol. The largest absolute Gasteiger partial charge is 0.480 e. The molecule has 0 saturated carbocycles. The predicted molar refractivity (Wildman–Crippen MR) is 107 cm³/mol. The zero-order valence-electron chi connectivity index (χ0n) is 15.2. The predicted octanol–water partition coefficient (Wildman–Crippen LogP) is 1.85. The van der Waals surface area contributed by atoms with Gasteiger partial charge in [0.1, 0.15) is 17.6 Å². The number of aromatic amines is 1. The molecule has 0 fully saturated rings. The first-order valence-corrected chi connectivity index (χ1v) is 11.7. The molecule has 1 aromatic heterocycles. The number of carboxylic acids is 1. The number of carboxylic acid groups (broad SMARTS) is 1. The van der Waals surface area contributed by atoms with Crippen molar-refractivity contribution in [2.75, 3.05) is 0 Å². The van der Waals surface area contributed by atoms with Crippen LogP contribution in [0.2, 0.25) is 0 Å². The van der Waals surface area contributed by atoms with Crippen molar-refractivity contribution in [1.29, 1.82) is 0 Å². The summed E-state index contributed by atoms with van der Waals surface area (Å²) in [5, 5.41) is 10.5. The number of H-pyrrole nitrogens is 1. The van der Waals surface area contributed by atoms with Crippen molar-refractivity contribution in [2.24, 2.45) is 0 Å². The summed E-state index contributed by atoms with van der Waals surface area (Å²) in [5.41, 5.74) is 1.21. The number of fused-ring (bicyclic) bond motifs is 1. The average Bonchev–Trinajstić information content (AvgIpc) is 3.00. The number of aromatic nitrogens is 1. The van der Waals surface area contributed by atoms with E-state index in [1.807, 2.05) is 0 Å². The zero-order valence-corrected chi connectivity index (χ0v) is 17.0. The van der Waals surface area contributed by atoms with Crippen LogP contribution in [0.5, 0.6) is 0 Å². The molecule has 2 rings (SSSR count). The normalized spacial score (nSPS) is 15.8. The number of nitrogens with one attached hydrogen (secondary N) is 1. The van der Waals surface area contributed by atoms with Crippen LogP contribution in [0.4, 0.5) is 0 Å². The number of carbonyl (C=O) groups is 1. The molecule has 0 aliphatic rings. The molecule has 158 valence electrons. The smallest absolute Gasteiger partial charge is 0.346 e. The first-order valence-electron chi connectivity index (χ1n) is 8.32. The van der Waals surface area contributed by atoms with Gasteiger partial charge < -0.3 is 29.7 Å². The van der Waals surface area contributed by atoms with E-state index in [0.29, 0.717) is 21.4 Å². The molecule has 2 unspecified atom stereocenters. The number of rotatable bonds is 10. The number of benzene rings is 1. The van der Waals surface area contributed by atoms with E-state index in [4.69, 9.17) is 0 Å². The highest BCUT2D eigenvalue weighted by molar-refractivity contribution is 7.53. The topological polar surface area (TPSA) is 171 Å². The van der Waals surface area contributed by atoms with E-state index in [9.17, 15) is 38.6 Å². The highest BCUT2D eigenvalue weighted by Crippen LogP contribution is 2.52. The fourth-order valence-electron chi connectivity index (χ4n) is 3.22. The van der Waals surface area contributed by atoms with E-state index in [0.717, 1.165) is 12.2 Å². The molecular weight excluding hydrogens is 422 g/mol. The summed E-state index contributed by atoms with van der Waals surface area (Å²) >= 11 is 0. The lowest BCUT2D eigenvalue weighted by Crippen LogP contribution is -2.52. The van der Waals surface area contributed by atoms with Gasteiger partial charge in [0.25, 0.3) is 0 Å². The van der Waals surface area contributed by atoms with E-state index in [1.54, 1.807) is 30.5 Å². The lowest BCUT2D eigenvalue weighted by molar-refractivity contribution is -0.143. The van der Waals surface area contributed by atoms with Crippen LogP contribution in [0.1, 0.15) is 5.56 Å². The summed E-state index contributed by atoms with van der Waals surface area (Å²) in [4.78, 5) is 54.4. The van der Waals surface area contributed by atoms with E-state index >= 15 is 0 Å². The van der Waals surface area contributed by atoms with E-state index in [2.05, 4.69) is 18.1 Å². The number of para-hydroxylation sites is 1. The maximum absolute atomic E-state index is 12.1. The van der Waals surface area contributed by atoms with Crippen LogP contribution in [0.15, 0.2) is 55.8 Å². The molecule has 1 aromatic carbocycles. The maximum atomic E-state index is 12.1. The van der Waals surface area contributed by atoms with Crippen LogP contribution in [-0.2, 0) is 20.3 Å². The number of aliphatic carboxylic acids is 1. The van der Waals surface area contributed by atoms with Crippen molar-refractivity contribution in [1.82, 2.24) is 9.88 Å². The maximum Gasteiger partial charge on any atom is 0.346 e. The number of hydrogen-bond acceptors (Lipinski definition) is 4. The Morgan fingerprint density at radius 3 is 2.03 bits per heavy atom. The molecule has 0 saturated heterocycles. The summed E-state index contributed by atoms with van der Waals surface area (Å²) in [5.74, 6) is -5.43. The molecule has 1 heterocycles. The molecule has 0 spiro atoms. The molecule has 0 radical (unpaired) electrons. The first kappa shape index (κ1) is 23.3. The second-order valence-corrected chi connectivity index (χ2v) is 9.76. The highest BCUT2D eigenvalue weighted by Gasteiger charge is 2.47. The Hall–Kier alpha value is -2.03. The van der Waals surface area contributed by atoms with Crippen molar-refractivity contribution in [3.63, 3.8) is 0 Å². The third-order valence-electron chi connectivity index (χ3n) is 4.45. The Morgan fingerprint density at radius 2 is 1.59 bits per heavy atom.